The number of rotatable bonds is 6. The first-order chi connectivity index (χ1) is 14.6. The predicted molar refractivity (Wildman–Crippen MR) is 122 cm³/mol. The maximum atomic E-state index is 6.30. The molecule has 0 bridgehead atoms. The number of hydrogen-bond donors (Lipinski definition) is 3. The number of nitrogens with zero attached hydrogens (tertiary/aromatic N) is 2. The molecule has 6 heteroatoms. The normalized spacial score (nSPS) is 10.5. The van der Waals surface area contributed by atoms with Gasteiger partial charge < -0.3 is 21.1 Å². The molecule has 1 heterocycles. The van der Waals surface area contributed by atoms with E-state index in [4.69, 9.17) is 10.5 Å². The highest BCUT2D eigenvalue weighted by Gasteiger charge is 2.09. The summed E-state index contributed by atoms with van der Waals surface area (Å²) in [4.78, 5) is 8.56. The molecule has 4 aromatic rings. The average molecular weight is 397 g/mol. The summed E-state index contributed by atoms with van der Waals surface area (Å²) in [5.41, 5.74) is 11.0. The van der Waals surface area contributed by atoms with Crippen molar-refractivity contribution in [3.8, 4) is 11.5 Å². The molecule has 0 unspecified atom stereocenters. The Balaban J connectivity index is 1.48. The van der Waals surface area contributed by atoms with Crippen LogP contribution in [0.4, 0.5) is 28.7 Å². The maximum absolute atomic E-state index is 6.30. The molecule has 0 amide bonds. The van der Waals surface area contributed by atoms with E-state index in [9.17, 15) is 0 Å². The van der Waals surface area contributed by atoms with Gasteiger partial charge in [-0.3, -0.25) is 0 Å². The van der Waals surface area contributed by atoms with Crippen LogP contribution in [0.1, 0.15) is 11.1 Å². The van der Waals surface area contributed by atoms with Gasteiger partial charge >= 0.3 is 0 Å². The Labute approximate surface area is 175 Å². The molecule has 150 valence electrons. The van der Waals surface area contributed by atoms with E-state index in [1.165, 1.54) is 17.5 Å². The van der Waals surface area contributed by atoms with E-state index >= 15 is 0 Å². The summed E-state index contributed by atoms with van der Waals surface area (Å²) in [6, 6.07) is 23.4. The van der Waals surface area contributed by atoms with Crippen molar-refractivity contribution < 1.29 is 4.74 Å². The number of nitrogen functional groups attached to an aromatic ring is 1. The number of aryl methyl sites for hydroxylation is 2. The highest BCUT2D eigenvalue weighted by atomic mass is 16.5. The topological polar surface area (TPSA) is 85.1 Å². The fourth-order valence-electron chi connectivity index (χ4n) is 2.92. The average Bonchev–Trinajstić information content (AvgIpc) is 2.76. The van der Waals surface area contributed by atoms with Crippen LogP contribution < -0.4 is 21.1 Å². The monoisotopic (exact) mass is 397 g/mol. The van der Waals surface area contributed by atoms with E-state index in [0.717, 1.165) is 22.9 Å². The molecule has 30 heavy (non-hydrogen) atoms. The Hall–Kier alpha value is -4.06. The third-order valence-electron chi connectivity index (χ3n) is 4.75. The van der Waals surface area contributed by atoms with Crippen LogP contribution in [-0.2, 0) is 0 Å². The third-order valence-corrected chi connectivity index (χ3v) is 4.75. The van der Waals surface area contributed by atoms with Gasteiger partial charge in [-0.1, -0.05) is 24.3 Å². The summed E-state index contributed by atoms with van der Waals surface area (Å²) in [6.45, 7) is 4.15. The van der Waals surface area contributed by atoms with Gasteiger partial charge in [0.2, 0.25) is 0 Å². The van der Waals surface area contributed by atoms with Gasteiger partial charge in [-0.25, -0.2) is 9.97 Å². The minimum absolute atomic E-state index is 0.445. The molecule has 0 spiro atoms. The summed E-state index contributed by atoms with van der Waals surface area (Å²) in [6.07, 6.45) is 1.48. The smallest absolute Gasteiger partial charge is 0.159 e. The van der Waals surface area contributed by atoms with Gasteiger partial charge in [0.25, 0.3) is 0 Å². The van der Waals surface area contributed by atoms with E-state index in [1.807, 2.05) is 60.7 Å². The molecule has 4 rings (SSSR count). The van der Waals surface area contributed by atoms with Crippen molar-refractivity contribution in [1.29, 1.82) is 0 Å². The minimum Gasteiger partial charge on any atom is -0.457 e. The molecule has 6 nitrogen and oxygen atoms in total. The molecule has 0 aliphatic carbocycles. The van der Waals surface area contributed by atoms with Gasteiger partial charge in [-0.05, 0) is 73.5 Å². The van der Waals surface area contributed by atoms with Crippen LogP contribution in [0, 0.1) is 13.8 Å². The minimum atomic E-state index is 0.445. The van der Waals surface area contributed by atoms with Crippen LogP contribution in [-0.4, -0.2) is 9.97 Å². The number of para-hydroxylation sites is 1. The van der Waals surface area contributed by atoms with Crippen LogP contribution in [0.2, 0.25) is 0 Å². The molecular formula is C24H23N5O. The zero-order chi connectivity index (χ0) is 20.9. The Morgan fingerprint density at radius 2 is 1.30 bits per heavy atom. The molecule has 0 saturated carbocycles. The number of nitrogens with two attached hydrogens (primary N) is 1. The van der Waals surface area contributed by atoms with Crippen molar-refractivity contribution in [2.75, 3.05) is 16.4 Å². The van der Waals surface area contributed by atoms with Crippen molar-refractivity contribution in [3.63, 3.8) is 0 Å². The van der Waals surface area contributed by atoms with E-state index in [1.54, 1.807) is 0 Å². The Morgan fingerprint density at radius 3 is 1.97 bits per heavy atom. The van der Waals surface area contributed by atoms with Crippen molar-refractivity contribution in [2.24, 2.45) is 0 Å². The van der Waals surface area contributed by atoms with Crippen molar-refractivity contribution in [2.45, 2.75) is 13.8 Å². The Morgan fingerprint density at radius 1 is 0.700 bits per heavy atom. The molecule has 1 aromatic heterocycles. The Bertz CT molecular complexity index is 1140. The summed E-state index contributed by atoms with van der Waals surface area (Å²) < 4.78 is 5.82. The molecule has 0 aliphatic heterocycles. The van der Waals surface area contributed by atoms with Crippen LogP contribution in [0.25, 0.3) is 0 Å². The first-order valence-electron chi connectivity index (χ1n) is 9.63. The second-order valence-corrected chi connectivity index (χ2v) is 6.97. The number of ether oxygens (including phenoxy) is 1. The van der Waals surface area contributed by atoms with Crippen LogP contribution in [0.3, 0.4) is 0 Å². The molecule has 3 aromatic carbocycles. The summed E-state index contributed by atoms with van der Waals surface area (Å²) in [7, 11) is 0. The van der Waals surface area contributed by atoms with Gasteiger partial charge in [-0.2, -0.15) is 0 Å². The second kappa shape index (κ2) is 8.53. The van der Waals surface area contributed by atoms with Crippen molar-refractivity contribution in [3.05, 3.63) is 90.3 Å². The van der Waals surface area contributed by atoms with E-state index in [-0.39, 0.29) is 0 Å². The summed E-state index contributed by atoms with van der Waals surface area (Å²) in [5.74, 6) is 2.63. The highest BCUT2D eigenvalue weighted by molar-refractivity contribution is 5.80. The lowest BCUT2D eigenvalue weighted by Crippen LogP contribution is -2.05. The number of hydrogen-bond acceptors (Lipinski definition) is 6. The second-order valence-electron chi connectivity index (χ2n) is 6.97. The van der Waals surface area contributed by atoms with E-state index in [0.29, 0.717) is 17.3 Å². The van der Waals surface area contributed by atoms with Crippen molar-refractivity contribution >= 4 is 28.7 Å². The summed E-state index contributed by atoms with van der Waals surface area (Å²) >= 11 is 0. The zero-order valence-electron chi connectivity index (χ0n) is 16.9. The standard InChI is InChI=1S/C24H23N5O/c1-16-8-9-19(14-17(16)2)29-24-22(25)23(26-15-27-24)28-18-10-12-21(13-11-18)30-20-6-4-3-5-7-20/h3-15H,25H2,1-2H3,(H2,26,27,28,29). The lowest BCUT2D eigenvalue weighted by Gasteiger charge is -2.13. The lowest BCUT2D eigenvalue weighted by atomic mass is 10.1. The van der Waals surface area contributed by atoms with Gasteiger partial charge in [0, 0.05) is 11.4 Å². The van der Waals surface area contributed by atoms with Crippen LogP contribution in [0.5, 0.6) is 11.5 Å². The SMILES string of the molecule is Cc1ccc(Nc2ncnc(Nc3ccc(Oc4ccccc4)cc3)c2N)cc1C. The van der Waals surface area contributed by atoms with Crippen LogP contribution in [0.15, 0.2) is 79.1 Å². The van der Waals surface area contributed by atoms with Gasteiger partial charge in [0.15, 0.2) is 11.6 Å². The first-order valence-corrected chi connectivity index (χ1v) is 9.63. The number of benzene rings is 3. The van der Waals surface area contributed by atoms with Crippen LogP contribution >= 0.6 is 0 Å². The van der Waals surface area contributed by atoms with Crippen molar-refractivity contribution in [1.82, 2.24) is 9.97 Å². The molecule has 0 fully saturated rings. The third kappa shape index (κ3) is 4.50. The fourth-order valence-corrected chi connectivity index (χ4v) is 2.92. The largest absolute Gasteiger partial charge is 0.457 e. The van der Waals surface area contributed by atoms with E-state index in [2.05, 4.69) is 46.6 Å². The molecule has 0 saturated heterocycles. The fraction of sp³-hybridized carbons (Fsp3) is 0.0833. The zero-order valence-corrected chi connectivity index (χ0v) is 16.9. The molecule has 0 aliphatic rings. The quantitative estimate of drug-likeness (QED) is 0.372. The number of aromatic nitrogens is 2. The maximum Gasteiger partial charge on any atom is 0.159 e. The van der Waals surface area contributed by atoms with Gasteiger partial charge in [0.05, 0.1) is 0 Å². The number of nitrogens with one attached hydrogen (secondary N) is 2. The lowest BCUT2D eigenvalue weighted by molar-refractivity contribution is 0.483. The molecule has 4 N–H and O–H groups in total. The van der Waals surface area contributed by atoms with E-state index < -0.39 is 0 Å². The van der Waals surface area contributed by atoms with Gasteiger partial charge in [0.1, 0.15) is 23.5 Å². The predicted octanol–water partition coefficient (Wildman–Crippen LogP) is 5.96. The Kier molecular flexibility index (Phi) is 5.48. The molecule has 0 atom stereocenters. The molecule has 0 radical (unpaired) electrons. The summed E-state index contributed by atoms with van der Waals surface area (Å²) in [5, 5.41) is 6.51. The van der Waals surface area contributed by atoms with Gasteiger partial charge in [-0.15, -0.1) is 0 Å². The molecular weight excluding hydrogens is 374 g/mol. The first kappa shape index (κ1) is 19.3. The highest BCUT2D eigenvalue weighted by Crippen LogP contribution is 2.30. The number of anilines is 5.